The minimum absolute atomic E-state index is 0.128. The molecular weight excluding hydrogens is 318 g/mol. The maximum atomic E-state index is 12.3. The van der Waals surface area contributed by atoms with Crippen LogP contribution in [-0.2, 0) is 16.6 Å². The predicted molar refractivity (Wildman–Crippen MR) is 86.4 cm³/mol. The van der Waals surface area contributed by atoms with Crippen molar-refractivity contribution in [2.75, 3.05) is 20.8 Å². The molecule has 2 rings (SSSR count). The lowest BCUT2D eigenvalue weighted by atomic mass is 10.3. The van der Waals surface area contributed by atoms with Crippen LogP contribution in [0.25, 0.3) is 0 Å². The van der Waals surface area contributed by atoms with Crippen molar-refractivity contribution < 1.29 is 17.9 Å². The quantitative estimate of drug-likeness (QED) is 0.826. The molecule has 1 heterocycles. The van der Waals surface area contributed by atoms with E-state index in [-0.39, 0.29) is 11.4 Å². The number of aromatic nitrogens is 2. The molecule has 0 unspecified atom stereocenters. The van der Waals surface area contributed by atoms with Gasteiger partial charge < -0.3 is 9.47 Å². The van der Waals surface area contributed by atoms with Crippen LogP contribution in [0.5, 0.6) is 11.5 Å². The van der Waals surface area contributed by atoms with E-state index in [1.165, 1.54) is 26.4 Å². The van der Waals surface area contributed by atoms with Crippen molar-refractivity contribution in [2.24, 2.45) is 0 Å². The van der Waals surface area contributed by atoms with Crippen molar-refractivity contribution in [1.29, 1.82) is 0 Å². The van der Waals surface area contributed by atoms with E-state index in [1.807, 2.05) is 19.9 Å². The van der Waals surface area contributed by atoms with E-state index < -0.39 is 10.0 Å². The zero-order chi connectivity index (χ0) is 17.0. The number of benzene rings is 1. The smallest absolute Gasteiger partial charge is 0.240 e. The predicted octanol–water partition coefficient (Wildman–Crippen LogP) is 1.50. The third-order valence-corrected chi connectivity index (χ3v) is 4.84. The number of aryl methyl sites for hydroxylation is 2. The normalized spacial score (nSPS) is 11.5. The summed E-state index contributed by atoms with van der Waals surface area (Å²) in [5.74, 6) is 0.850. The Hall–Kier alpha value is -2.06. The minimum Gasteiger partial charge on any atom is -0.493 e. The van der Waals surface area contributed by atoms with Crippen molar-refractivity contribution in [1.82, 2.24) is 14.5 Å². The van der Waals surface area contributed by atoms with Gasteiger partial charge in [-0.3, -0.25) is 4.68 Å². The van der Waals surface area contributed by atoms with Gasteiger partial charge in [-0.1, -0.05) is 0 Å². The zero-order valence-electron chi connectivity index (χ0n) is 13.7. The summed E-state index contributed by atoms with van der Waals surface area (Å²) in [7, 11) is -0.659. The Morgan fingerprint density at radius 3 is 2.39 bits per heavy atom. The molecule has 0 radical (unpaired) electrons. The van der Waals surface area contributed by atoms with E-state index in [2.05, 4.69) is 9.82 Å². The van der Waals surface area contributed by atoms with Crippen molar-refractivity contribution in [2.45, 2.75) is 25.3 Å². The standard InChI is InChI=1S/C15H21N3O4S/c1-11-9-12(2)18(17-11)8-7-16-23(19,20)13-5-6-14(21-3)15(10-13)22-4/h5-6,9-10,16H,7-8H2,1-4H3. The summed E-state index contributed by atoms with van der Waals surface area (Å²) < 4.78 is 39.3. The van der Waals surface area contributed by atoms with E-state index in [9.17, 15) is 8.42 Å². The average Bonchev–Trinajstić information content (AvgIpc) is 2.84. The molecule has 0 saturated carbocycles. The third kappa shape index (κ3) is 4.02. The monoisotopic (exact) mass is 339 g/mol. The highest BCUT2D eigenvalue weighted by atomic mass is 32.2. The van der Waals surface area contributed by atoms with E-state index in [0.29, 0.717) is 18.0 Å². The molecule has 1 aromatic heterocycles. The van der Waals surface area contributed by atoms with Crippen molar-refractivity contribution in [3.05, 3.63) is 35.7 Å². The molecule has 1 N–H and O–H groups in total. The second kappa shape index (κ2) is 7.01. The fourth-order valence-corrected chi connectivity index (χ4v) is 3.29. The maximum absolute atomic E-state index is 12.3. The number of ether oxygens (including phenoxy) is 2. The Morgan fingerprint density at radius 2 is 1.83 bits per heavy atom. The van der Waals surface area contributed by atoms with Crippen LogP contribution in [0, 0.1) is 13.8 Å². The second-order valence-corrected chi connectivity index (χ2v) is 6.83. The molecule has 0 aliphatic carbocycles. The lowest BCUT2D eigenvalue weighted by Gasteiger charge is -2.11. The van der Waals surface area contributed by atoms with Crippen LogP contribution in [0.2, 0.25) is 0 Å². The van der Waals surface area contributed by atoms with E-state index in [4.69, 9.17) is 9.47 Å². The topological polar surface area (TPSA) is 82.5 Å². The minimum atomic E-state index is -3.62. The number of nitrogens with zero attached hydrogens (tertiary/aromatic N) is 2. The van der Waals surface area contributed by atoms with E-state index >= 15 is 0 Å². The Labute approximate surface area is 136 Å². The highest BCUT2D eigenvalue weighted by Crippen LogP contribution is 2.29. The molecule has 0 fully saturated rings. The number of nitrogens with one attached hydrogen (secondary N) is 1. The molecule has 0 atom stereocenters. The summed E-state index contributed by atoms with van der Waals surface area (Å²) >= 11 is 0. The lowest BCUT2D eigenvalue weighted by molar-refractivity contribution is 0.354. The van der Waals surface area contributed by atoms with Crippen molar-refractivity contribution >= 4 is 10.0 Å². The molecule has 8 heteroatoms. The molecule has 2 aromatic rings. The Kier molecular flexibility index (Phi) is 5.27. The third-order valence-electron chi connectivity index (χ3n) is 3.38. The van der Waals surface area contributed by atoms with Crippen LogP contribution in [-0.4, -0.2) is 39.0 Å². The second-order valence-electron chi connectivity index (χ2n) is 5.06. The van der Waals surface area contributed by atoms with Gasteiger partial charge in [-0.15, -0.1) is 0 Å². The van der Waals surface area contributed by atoms with E-state index in [0.717, 1.165) is 11.4 Å². The molecule has 0 aliphatic heterocycles. The van der Waals surface area contributed by atoms with Gasteiger partial charge in [0.05, 0.1) is 31.4 Å². The Morgan fingerprint density at radius 1 is 1.13 bits per heavy atom. The van der Waals surface area contributed by atoms with Crippen LogP contribution >= 0.6 is 0 Å². The van der Waals surface area contributed by atoms with Crippen LogP contribution in [0.3, 0.4) is 0 Å². The van der Waals surface area contributed by atoms with Crippen LogP contribution in [0.15, 0.2) is 29.2 Å². The summed E-state index contributed by atoms with van der Waals surface area (Å²) in [4.78, 5) is 0.128. The first-order chi connectivity index (χ1) is 10.9. The average molecular weight is 339 g/mol. The van der Waals surface area contributed by atoms with Gasteiger partial charge in [-0.05, 0) is 32.0 Å². The molecule has 0 bridgehead atoms. The zero-order valence-corrected chi connectivity index (χ0v) is 14.5. The molecule has 0 aliphatic rings. The van der Waals surface area contributed by atoms with Gasteiger partial charge in [-0.2, -0.15) is 5.10 Å². The molecular formula is C15H21N3O4S. The number of rotatable bonds is 7. The molecule has 0 amide bonds. The molecule has 0 spiro atoms. The SMILES string of the molecule is COc1ccc(S(=O)(=O)NCCn2nc(C)cc2C)cc1OC. The van der Waals surface area contributed by atoms with Gasteiger partial charge in [0.2, 0.25) is 10.0 Å². The summed E-state index contributed by atoms with van der Waals surface area (Å²) in [6.07, 6.45) is 0. The largest absolute Gasteiger partial charge is 0.493 e. The first-order valence-corrected chi connectivity index (χ1v) is 8.58. The molecule has 1 aromatic carbocycles. The first-order valence-electron chi connectivity index (χ1n) is 7.10. The molecule has 0 saturated heterocycles. The van der Waals surface area contributed by atoms with Gasteiger partial charge in [0.25, 0.3) is 0 Å². The number of hydrogen-bond donors (Lipinski definition) is 1. The van der Waals surface area contributed by atoms with Gasteiger partial charge in [0.15, 0.2) is 11.5 Å². The first kappa shape index (κ1) is 17.3. The van der Waals surface area contributed by atoms with Gasteiger partial charge in [0, 0.05) is 18.3 Å². The number of hydrogen-bond acceptors (Lipinski definition) is 5. The highest BCUT2D eigenvalue weighted by molar-refractivity contribution is 7.89. The Bertz CT molecular complexity index is 784. The maximum Gasteiger partial charge on any atom is 0.240 e. The van der Waals surface area contributed by atoms with Gasteiger partial charge >= 0.3 is 0 Å². The number of sulfonamides is 1. The summed E-state index contributed by atoms with van der Waals surface area (Å²) in [5, 5.41) is 4.30. The summed E-state index contributed by atoms with van der Waals surface area (Å²) in [6, 6.07) is 6.43. The van der Waals surface area contributed by atoms with Gasteiger partial charge in [0.1, 0.15) is 0 Å². The fourth-order valence-electron chi connectivity index (χ4n) is 2.25. The molecule has 23 heavy (non-hydrogen) atoms. The Balaban J connectivity index is 2.08. The lowest BCUT2D eigenvalue weighted by Crippen LogP contribution is -2.28. The summed E-state index contributed by atoms with van der Waals surface area (Å²) in [6.45, 7) is 4.55. The van der Waals surface area contributed by atoms with Gasteiger partial charge in [-0.25, -0.2) is 13.1 Å². The van der Waals surface area contributed by atoms with Crippen molar-refractivity contribution in [3.8, 4) is 11.5 Å². The highest BCUT2D eigenvalue weighted by Gasteiger charge is 2.16. The van der Waals surface area contributed by atoms with Crippen LogP contribution in [0.4, 0.5) is 0 Å². The van der Waals surface area contributed by atoms with Crippen LogP contribution < -0.4 is 14.2 Å². The number of methoxy groups -OCH3 is 2. The fraction of sp³-hybridized carbons (Fsp3) is 0.400. The van der Waals surface area contributed by atoms with E-state index in [1.54, 1.807) is 10.7 Å². The molecule has 7 nitrogen and oxygen atoms in total. The molecule has 126 valence electrons. The summed E-state index contributed by atoms with van der Waals surface area (Å²) in [5.41, 5.74) is 1.90. The van der Waals surface area contributed by atoms with Crippen LogP contribution in [0.1, 0.15) is 11.4 Å². The van der Waals surface area contributed by atoms with Crippen molar-refractivity contribution in [3.63, 3.8) is 0 Å².